The Bertz CT molecular complexity index is 603. The van der Waals surface area contributed by atoms with Gasteiger partial charge in [-0.1, -0.05) is 0 Å². The van der Waals surface area contributed by atoms with Crippen LogP contribution in [0, 0.1) is 0 Å². The maximum atomic E-state index is 11.1. The summed E-state index contributed by atoms with van der Waals surface area (Å²) in [6.45, 7) is 1.96. The standard InChI is InChI=1S/C10H17N9OS/c1-7(3-4-21(2)20)14-8-15-9(18-11)17-10(16-8)19-6-12-5-13-19/h5-7H,3-4,11H2,1-2H3,(H2,14,15,16,17,18). The number of nitrogen functional groups attached to an aromatic ring is 1. The minimum absolute atomic E-state index is 0.0607. The first-order valence-corrected chi connectivity index (χ1v) is 7.95. The molecule has 0 aromatic carbocycles. The number of hydrogen-bond donors (Lipinski definition) is 3. The molecule has 0 amide bonds. The number of nitrogens with two attached hydrogens (primary N) is 1. The Balaban J connectivity index is 2.15. The predicted molar refractivity (Wildman–Crippen MR) is 79.2 cm³/mol. The first kappa shape index (κ1) is 15.3. The second kappa shape index (κ2) is 7.04. The first-order valence-electron chi connectivity index (χ1n) is 6.22. The van der Waals surface area contributed by atoms with Crippen LogP contribution in [0.1, 0.15) is 13.3 Å². The lowest BCUT2D eigenvalue weighted by atomic mass is 10.3. The highest BCUT2D eigenvalue weighted by atomic mass is 32.2. The van der Waals surface area contributed by atoms with Crippen molar-refractivity contribution in [2.75, 3.05) is 22.8 Å². The van der Waals surface area contributed by atoms with Gasteiger partial charge >= 0.3 is 0 Å². The average Bonchev–Trinajstić information content (AvgIpc) is 2.99. The largest absolute Gasteiger partial charge is 0.352 e. The topological polar surface area (TPSA) is 137 Å². The molecule has 21 heavy (non-hydrogen) atoms. The van der Waals surface area contributed by atoms with Crippen molar-refractivity contribution >= 4 is 22.7 Å². The highest BCUT2D eigenvalue weighted by Gasteiger charge is 2.11. The van der Waals surface area contributed by atoms with E-state index in [1.54, 1.807) is 6.26 Å². The van der Waals surface area contributed by atoms with Crippen LogP contribution in [0.3, 0.4) is 0 Å². The van der Waals surface area contributed by atoms with E-state index in [9.17, 15) is 4.21 Å². The van der Waals surface area contributed by atoms with Gasteiger partial charge < -0.3 is 5.32 Å². The zero-order chi connectivity index (χ0) is 15.2. The summed E-state index contributed by atoms with van der Waals surface area (Å²) in [6, 6.07) is 0.0607. The zero-order valence-corrected chi connectivity index (χ0v) is 12.5. The molecule has 2 atom stereocenters. The van der Waals surface area contributed by atoms with E-state index < -0.39 is 10.8 Å². The predicted octanol–water partition coefficient (Wildman–Crippen LogP) is -0.693. The van der Waals surface area contributed by atoms with Gasteiger partial charge in [-0.3, -0.25) is 9.63 Å². The monoisotopic (exact) mass is 311 g/mol. The van der Waals surface area contributed by atoms with Crippen LogP contribution >= 0.6 is 0 Å². The number of hydrazine groups is 1. The van der Waals surface area contributed by atoms with E-state index >= 15 is 0 Å². The molecule has 0 radical (unpaired) electrons. The third-order valence-electron chi connectivity index (χ3n) is 2.59. The van der Waals surface area contributed by atoms with E-state index in [-0.39, 0.29) is 12.0 Å². The second-order valence-electron chi connectivity index (χ2n) is 4.38. The molecule has 0 aliphatic heterocycles. The minimum Gasteiger partial charge on any atom is -0.352 e. The summed E-state index contributed by atoms with van der Waals surface area (Å²) in [6.07, 6.45) is 5.27. The van der Waals surface area contributed by atoms with Crippen molar-refractivity contribution in [3.05, 3.63) is 12.7 Å². The molecule has 0 saturated carbocycles. The van der Waals surface area contributed by atoms with E-state index in [0.29, 0.717) is 17.6 Å². The molecule has 0 spiro atoms. The molecule has 0 fully saturated rings. The van der Waals surface area contributed by atoms with Gasteiger partial charge in [-0.25, -0.2) is 10.8 Å². The smallest absolute Gasteiger partial charge is 0.258 e. The maximum Gasteiger partial charge on any atom is 0.258 e. The second-order valence-corrected chi connectivity index (χ2v) is 5.93. The van der Waals surface area contributed by atoms with Crippen molar-refractivity contribution in [2.45, 2.75) is 19.4 Å². The van der Waals surface area contributed by atoms with Gasteiger partial charge in [-0.05, 0) is 13.3 Å². The van der Waals surface area contributed by atoms with Crippen LogP contribution in [0.5, 0.6) is 0 Å². The molecule has 0 bridgehead atoms. The van der Waals surface area contributed by atoms with Gasteiger partial charge in [-0.2, -0.15) is 24.7 Å². The van der Waals surface area contributed by atoms with E-state index in [0.717, 1.165) is 6.42 Å². The fourth-order valence-corrected chi connectivity index (χ4v) is 2.23. The van der Waals surface area contributed by atoms with Gasteiger partial charge in [0.15, 0.2) is 0 Å². The van der Waals surface area contributed by atoms with Crippen LogP contribution in [-0.4, -0.2) is 52.0 Å². The molecule has 114 valence electrons. The third kappa shape index (κ3) is 4.43. The van der Waals surface area contributed by atoms with Crippen LogP contribution in [0.4, 0.5) is 11.9 Å². The van der Waals surface area contributed by atoms with Crippen LogP contribution in [0.15, 0.2) is 12.7 Å². The molecule has 0 aliphatic carbocycles. The number of aromatic nitrogens is 6. The first-order chi connectivity index (χ1) is 10.1. The Morgan fingerprint density at radius 3 is 2.76 bits per heavy atom. The molecule has 2 rings (SSSR count). The highest BCUT2D eigenvalue weighted by molar-refractivity contribution is 7.84. The molecule has 4 N–H and O–H groups in total. The molecule has 11 heteroatoms. The number of nitrogens with one attached hydrogen (secondary N) is 2. The van der Waals surface area contributed by atoms with Crippen molar-refractivity contribution in [3.8, 4) is 5.95 Å². The summed E-state index contributed by atoms with van der Waals surface area (Å²) in [7, 11) is -0.827. The third-order valence-corrected chi connectivity index (χ3v) is 3.40. The number of nitrogens with zero attached hydrogens (tertiary/aromatic N) is 6. The lowest BCUT2D eigenvalue weighted by Gasteiger charge is -2.14. The van der Waals surface area contributed by atoms with Crippen molar-refractivity contribution < 1.29 is 4.21 Å². The molecule has 2 heterocycles. The Kier molecular flexibility index (Phi) is 5.11. The molecule has 2 aromatic rings. The molecular weight excluding hydrogens is 294 g/mol. The van der Waals surface area contributed by atoms with E-state index in [1.807, 2.05) is 6.92 Å². The zero-order valence-electron chi connectivity index (χ0n) is 11.7. The molecule has 0 saturated heterocycles. The summed E-state index contributed by atoms with van der Waals surface area (Å²) < 4.78 is 12.5. The Morgan fingerprint density at radius 1 is 1.38 bits per heavy atom. The lowest BCUT2D eigenvalue weighted by Crippen LogP contribution is -2.22. The Labute approximate surface area is 124 Å². The number of hydrogen-bond acceptors (Lipinski definition) is 9. The minimum atomic E-state index is -0.827. The van der Waals surface area contributed by atoms with Crippen molar-refractivity contribution in [1.82, 2.24) is 29.7 Å². The number of rotatable bonds is 7. The van der Waals surface area contributed by atoms with E-state index in [4.69, 9.17) is 5.84 Å². The fraction of sp³-hybridized carbons (Fsp3) is 0.500. The van der Waals surface area contributed by atoms with Gasteiger partial charge in [0.05, 0.1) is 0 Å². The van der Waals surface area contributed by atoms with Gasteiger partial charge in [-0.15, -0.1) is 0 Å². The molecule has 2 aromatic heterocycles. The lowest BCUT2D eigenvalue weighted by molar-refractivity contribution is 0.677. The molecular formula is C10H17N9OS. The quantitative estimate of drug-likeness (QED) is 0.448. The van der Waals surface area contributed by atoms with Crippen molar-refractivity contribution in [1.29, 1.82) is 0 Å². The van der Waals surface area contributed by atoms with Gasteiger partial charge in [0.2, 0.25) is 11.9 Å². The highest BCUT2D eigenvalue weighted by Crippen LogP contribution is 2.09. The summed E-state index contributed by atoms with van der Waals surface area (Å²) in [5.41, 5.74) is 2.38. The molecule has 10 nitrogen and oxygen atoms in total. The fourth-order valence-electron chi connectivity index (χ4n) is 1.54. The number of anilines is 2. The SMILES string of the molecule is CC(CCS(C)=O)Nc1nc(NN)nc(-n2cncn2)n1. The summed E-state index contributed by atoms with van der Waals surface area (Å²) in [5.74, 6) is 6.83. The Morgan fingerprint density at radius 2 is 2.14 bits per heavy atom. The summed E-state index contributed by atoms with van der Waals surface area (Å²) in [5, 5.41) is 7.08. The van der Waals surface area contributed by atoms with Gasteiger partial charge in [0.25, 0.3) is 5.95 Å². The maximum absolute atomic E-state index is 11.1. The molecule has 2 unspecified atom stereocenters. The normalized spacial score (nSPS) is 13.7. The van der Waals surface area contributed by atoms with E-state index in [2.05, 4.69) is 35.8 Å². The van der Waals surface area contributed by atoms with Crippen LogP contribution in [-0.2, 0) is 10.8 Å². The molecule has 0 aliphatic rings. The average molecular weight is 311 g/mol. The van der Waals surface area contributed by atoms with Crippen LogP contribution < -0.4 is 16.6 Å². The van der Waals surface area contributed by atoms with Gasteiger partial charge in [0, 0.05) is 28.9 Å². The Hall–Kier alpha value is -2.14. The summed E-state index contributed by atoms with van der Waals surface area (Å²) in [4.78, 5) is 16.3. The van der Waals surface area contributed by atoms with Crippen LogP contribution in [0.2, 0.25) is 0 Å². The van der Waals surface area contributed by atoms with Crippen molar-refractivity contribution in [2.24, 2.45) is 5.84 Å². The van der Waals surface area contributed by atoms with Crippen molar-refractivity contribution in [3.63, 3.8) is 0 Å². The van der Waals surface area contributed by atoms with Crippen LogP contribution in [0.25, 0.3) is 5.95 Å². The van der Waals surface area contributed by atoms with Gasteiger partial charge in [0.1, 0.15) is 12.7 Å². The summed E-state index contributed by atoms with van der Waals surface area (Å²) >= 11 is 0. The van der Waals surface area contributed by atoms with E-state index in [1.165, 1.54) is 17.3 Å².